The first-order valence-corrected chi connectivity index (χ1v) is 5.77. The summed E-state index contributed by atoms with van der Waals surface area (Å²) < 4.78 is 5.71. The summed E-state index contributed by atoms with van der Waals surface area (Å²) in [6.45, 7) is 3.94. The van der Waals surface area contributed by atoms with E-state index in [2.05, 4.69) is 0 Å². The van der Waals surface area contributed by atoms with Crippen LogP contribution in [0.3, 0.4) is 0 Å². The second kappa shape index (κ2) is 4.97. The Balaban J connectivity index is 2.34. The number of nitrogens with zero attached hydrogens (tertiary/aromatic N) is 1. The summed E-state index contributed by atoms with van der Waals surface area (Å²) in [5.74, 6) is 1.11. The molecule has 0 saturated carbocycles. The molecule has 0 fully saturated rings. The van der Waals surface area contributed by atoms with Crippen molar-refractivity contribution >= 4 is 11.4 Å². The van der Waals surface area contributed by atoms with Gasteiger partial charge in [0.25, 0.3) is 5.69 Å². The topological polar surface area (TPSA) is 78.4 Å². The molecule has 0 aliphatic carbocycles. The minimum atomic E-state index is -0.488. The fourth-order valence-electron chi connectivity index (χ4n) is 1.70. The third-order valence-electron chi connectivity index (χ3n) is 2.98. The molecule has 0 aromatic heterocycles. The maximum atomic E-state index is 10.6. The van der Waals surface area contributed by atoms with Crippen molar-refractivity contribution in [3.8, 4) is 11.5 Å². The standard InChI is InChI=1S/C14H14N2O3/c1-9-4-3-5-13(10(9)2)19-14-7-6-11(16(17)18)8-12(14)15/h3-8H,15H2,1-2H3. The van der Waals surface area contributed by atoms with Crippen LogP contribution in [0.4, 0.5) is 11.4 Å². The van der Waals surface area contributed by atoms with Crippen molar-refractivity contribution in [2.24, 2.45) is 0 Å². The fraction of sp³-hybridized carbons (Fsp3) is 0.143. The van der Waals surface area contributed by atoms with Crippen molar-refractivity contribution in [2.45, 2.75) is 13.8 Å². The molecule has 5 heteroatoms. The third kappa shape index (κ3) is 2.65. The predicted octanol–water partition coefficient (Wildman–Crippen LogP) is 3.59. The average Bonchev–Trinajstić information content (AvgIpc) is 2.37. The molecule has 0 radical (unpaired) electrons. The molecule has 0 amide bonds. The number of aryl methyl sites for hydroxylation is 1. The fourth-order valence-corrected chi connectivity index (χ4v) is 1.70. The van der Waals surface area contributed by atoms with Gasteiger partial charge < -0.3 is 10.5 Å². The van der Waals surface area contributed by atoms with E-state index in [4.69, 9.17) is 10.5 Å². The monoisotopic (exact) mass is 258 g/mol. The molecule has 0 spiro atoms. The SMILES string of the molecule is Cc1cccc(Oc2ccc([N+](=O)[O-])cc2N)c1C. The summed E-state index contributed by atoms with van der Waals surface area (Å²) in [6, 6.07) is 9.89. The number of benzene rings is 2. The van der Waals surface area contributed by atoms with Crippen LogP contribution in [0.5, 0.6) is 11.5 Å². The van der Waals surface area contributed by atoms with E-state index in [1.165, 1.54) is 18.2 Å². The van der Waals surface area contributed by atoms with Gasteiger partial charge in [-0.15, -0.1) is 0 Å². The van der Waals surface area contributed by atoms with Crippen LogP contribution in [0, 0.1) is 24.0 Å². The minimum absolute atomic E-state index is 0.0502. The van der Waals surface area contributed by atoms with Gasteiger partial charge in [-0.05, 0) is 37.1 Å². The molecule has 0 unspecified atom stereocenters. The van der Waals surface area contributed by atoms with Gasteiger partial charge in [0.2, 0.25) is 0 Å². The zero-order valence-electron chi connectivity index (χ0n) is 10.7. The molecule has 5 nitrogen and oxygen atoms in total. The quantitative estimate of drug-likeness (QED) is 0.518. The number of hydrogen-bond donors (Lipinski definition) is 1. The molecular formula is C14H14N2O3. The molecule has 2 N–H and O–H groups in total. The lowest BCUT2D eigenvalue weighted by Gasteiger charge is -2.11. The number of ether oxygens (including phenoxy) is 1. The van der Waals surface area contributed by atoms with Gasteiger partial charge in [-0.1, -0.05) is 12.1 Å². The first kappa shape index (κ1) is 12.9. The van der Waals surface area contributed by atoms with Gasteiger partial charge >= 0.3 is 0 Å². The Morgan fingerprint density at radius 1 is 1.16 bits per heavy atom. The van der Waals surface area contributed by atoms with Crippen molar-refractivity contribution < 1.29 is 9.66 Å². The van der Waals surface area contributed by atoms with Gasteiger partial charge in [0.1, 0.15) is 5.75 Å². The summed E-state index contributed by atoms with van der Waals surface area (Å²) >= 11 is 0. The number of nitrogen functional groups attached to an aromatic ring is 1. The summed E-state index contributed by atoms with van der Waals surface area (Å²) in [5.41, 5.74) is 8.08. The van der Waals surface area contributed by atoms with Crippen LogP contribution in [0.25, 0.3) is 0 Å². The maximum Gasteiger partial charge on any atom is 0.271 e. The minimum Gasteiger partial charge on any atom is -0.455 e. The summed E-state index contributed by atoms with van der Waals surface area (Å²) in [6.07, 6.45) is 0. The van der Waals surface area contributed by atoms with E-state index in [1.54, 1.807) is 0 Å². The lowest BCUT2D eigenvalue weighted by atomic mass is 10.1. The van der Waals surface area contributed by atoms with Gasteiger partial charge in [0.05, 0.1) is 10.6 Å². The van der Waals surface area contributed by atoms with Crippen LogP contribution in [0.2, 0.25) is 0 Å². The van der Waals surface area contributed by atoms with Gasteiger partial charge in [-0.3, -0.25) is 10.1 Å². The largest absolute Gasteiger partial charge is 0.455 e. The zero-order valence-corrected chi connectivity index (χ0v) is 10.7. The van der Waals surface area contributed by atoms with E-state index in [0.29, 0.717) is 11.5 Å². The highest BCUT2D eigenvalue weighted by atomic mass is 16.6. The zero-order chi connectivity index (χ0) is 14.0. The molecule has 0 saturated heterocycles. The Labute approximate surface area is 110 Å². The van der Waals surface area contributed by atoms with E-state index < -0.39 is 4.92 Å². The summed E-state index contributed by atoms with van der Waals surface area (Å²) in [5, 5.41) is 10.6. The van der Waals surface area contributed by atoms with E-state index in [0.717, 1.165) is 11.1 Å². The van der Waals surface area contributed by atoms with Crippen LogP contribution in [0.15, 0.2) is 36.4 Å². The Hall–Kier alpha value is -2.56. The van der Waals surface area contributed by atoms with Gasteiger partial charge in [0, 0.05) is 12.1 Å². The van der Waals surface area contributed by atoms with Crippen LogP contribution in [-0.4, -0.2) is 4.92 Å². The smallest absolute Gasteiger partial charge is 0.271 e. The maximum absolute atomic E-state index is 10.6. The predicted molar refractivity (Wildman–Crippen MR) is 73.5 cm³/mol. The van der Waals surface area contributed by atoms with Crippen molar-refractivity contribution in [1.29, 1.82) is 0 Å². The lowest BCUT2D eigenvalue weighted by Crippen LogP contribution is -1.96. The molecular weight excluding hydrogens is 244 g/mol. The normalized spacial score (nSPS) is 10.2. The molecule has 19 heavy (non-hydrogen) atoms. The average molecular weight is 258 g/mol. The number of nitrogens with two attached hydrogens (primary N) is 1. The first-order valence-electron chi connectivity index (χ1n) is 5.77. The van der Waals surface area contributed by atoms with Crippen LogP contribution >= 0.6 is 0 Å². The lowest BCUT2D eigenvalue weighted by molar-refractivity contribution is -0.384. The molecule has 0 bridgehead atoms. The van der Waals surface area contributed by atoms with Crippen LogP contribution in [0.1, 0.15) is 11.1 Å². The molecule has 0 heterocycles. The Morgan fingerprint density at radius 2 is 1.89 bits per heavy atom. The molecule has 2 rings (SSSR count). The molecule has 0 atom stereocenters. The highest BCUT2D eigenvalue weighted by molar-refractivity contribution is 5.59. The van der Waals surface area contributed by atoms with E-state index >= 15 is 0 Å². The second-order valence-electron chi connectivity index (χ2n) is 4.28. The van der Waals surface area contributed by atoms with Crippen molar-refractivity contribution in [2.75, 3.05) is 5.73 Å². The number of anilines is 1. The van der Waals surface area contributed by atoms with E-state index in [9.17, 15) is 10.1 Å². The van der Waals surface area contributed by atoms with Gasteiger partial charge in [-0.2, -0.15) is 0 Å². The Kier molecular flexibility index (Phi) is 3.37. The first-order chi connectivity index (χ1) is 8.99. The van der Waals surface area contributed by atoms with Crippen molar-refractivity contribution in [3.05, 3.63) is 57.6 Å². The number of hydrogen-bond acceptors (Lipinski definition) is 4. The molecule has 0 aliphatic heterocycles. The summed E-state index contributed by atoms with van der Waals surface area (Å²) in [7, 11) is 0. The number of nitro groups is 1. The molecule has 2 aromatic carbocycles. The van der Waals surface area contributed by atoms with Crippen LogP contribution < -0.4 is 10.5 Å². The molecule has 2 aromatic rings. The van der Waals surface area contributed by atoms with Gasteiger partial charge in [-0.25, -0.2) is 0 Å². The number of rotatable bonds is 3. The molecule has 0 aliphatic rings. The Morgan fingerprint density at radius 3 is 2.53 bits per heavy atom. The van der Waals surface area contributed by atoms with E-state index in [-0.39, 0.29) is 11.4 Å². The van der Waals surface area contributed by atoms with Crippen molar-refractivity contribution in [1.82, 2.24) is 0 Å². The van der Waals surface area contributed by atoms with Crippen molar-refractivity contribution in [3.63, 3.8) is 0 Å². The third-order valence-corrected chi connectivity index (χ3v) is 2.98. The van der Waals surface area contributed by atoms with Gasteiger partial charge in [0.15, 0.2) is 5.75 Å². The highest BCUT2D eigenvalue weighted by Gasteiger charge is 2.11. The highest BCUT2D eigenvalue weighted by Crippen LogP contribution is 2.32. The molecule has 98 valence electrons. The second-order valence-corrected chi connectivity index (χ2v) is 4.28. The summed E-state index contributed by atoms with van der Waals surface area (Å²) in [4.78, 5) is 10.1. The number of nitro benzene ring substituents is 1. The number of non-ortho nitro benzene ring substituents is 1. The van der Waals surface area contributed by atoms with Crippen LogP contribution in [-0.2, 0) is 0 Å². The van der Waals surface area contributed by atoms with E-state index in [1.807, 2.05) is 32.0 Å². The Bertz CT molecular complexity index is 639.